The monoisotopic (exact) mass is 316 g/mol. The number of aliphatic hydroxyl groups is 1. The highest BCUT2D eigenvalue weighted by molar-refractivity contribution is 5.94. The number of aromatic nitrogens is 3. The molecule has 1 unspecified atom stereocenters. The lowest BCUT2D eigenvalue weighted by Crippen LogP contribution is -2.29. The predicted molar refractivity (Wildman–Crippen MR) is 88.9 cm³/mol. The minimum absolute atomic E-state index is 0.0930. The fraction of sp³-hybridized carbons (Fsp3) is 0.471. The Bertz CT molecular complexity index is 616. The van der Waals surface area contributed by atoms with Gasteiger partial charge in [-0.05, 0) is 30.9 Å². The first-order valence-corrected chi connectivity index (χ1v) is 7.99. The van der Waals surface area contributed by atoms with Crippen molar-refractivity contribution in [1.82, 2.24) is 20.1 Å². The van der Waals surface area contributed by atoms with Crippen molar-refractivity contribution < 1.29 is 9.90 Å². The van der Waals surface area contributed by atoms with Crippen molar-refractivity contribution in [2.75, 3.05) is 13.2 Å². The molecule has 1 atom stereocenters. The molecule has 6 nitrogen and oxygen atoms in total. The molecule has 124 valence electrons. The largest absolute Gasteiger partial charge is 0.396 e. The van der Waals surface area contributed by atoms with E-state index in [1.807, 2.05) is 19.2 Å². The van der Waals surface area contributed by atoms with Crippen LogP contribution in [0.25, 0.3) is 11.4 Å². The molecule has 0 aliphatic heterocycles. The van der Waals surface area contributed by atoms with Crippen molar-refractivity contribution in [3.05, 3.63) is 36.2 Å². The Morgan fingerprint density at radius 3 is 2.61 bits per heavy atom. The summed E-state index contributed by atoms with van der Waals surface area (Å²) in [5.74, 6) is 0.876. The second-order valence-corrected chi connectivity index (χ2v) is 5.70. The Labute approximate surface area is 136 Å². The summed E-state index contributed by atoms with van der Waals surface area (Å²) in [6, 6.07) is 7.26. The molecule has 1 amide bonds. The number of nitrogens with one attached hydrogen (secondary N) is 1. The molecular weight excluding hydrogens is 292 g/mol. The Morgan fingerprint density at radius 2 is 2.04 bits per heavy atom. The van der Waals surface area contributed by atoms with E-state index in [1.165, 1.54) is 0 Å². The summed E-state index contributed by atoms with van der Waals surface area (Å²) in [5.41, 5.74) is 1.50. The number of amides is 1. The number of aliphatic hydroxyl groups excluding tert-OH is 1. The highest BCUT2D eigenvalue weighted by Crippen LogP contribution is 2.15. The lowest BCUT2D eigenvalue weighted by Gasteiger charge is -2.15. The zero-order valence-corrected chi connectivity index (χ0v) is 13.7. The molecule has 1 aromatic heterocycles. The van der Waals surface area contributed by atoms with E-state index < -0.39 is 0 Å². The molecule has 0 spiro atoms. The molecule has 0 fully saturated rings. The molecular formula is C17H24N4O2. The SMILES string of the molecule is CCCC(CCO)CNC(=O)c1ccc(-c2ncn(C)n2)cc1. The highest BCUT2D eigenvalue weighted by atomic mass is 16.3. The molecule has 0 saturated carbocycles. The second-order valence-electron chi connectivity index (χ2n) is 5.70. The molecule has 6 heteroatoms. The average Bonchev–Trinajstić information content (AvgIpc) is 2.99. The van der Waals surface area contributed by atoms with Crippen LogP contribution in [0.5, 0.6) is 0 Å². The van der Waals surface area contributed by atoms with Crippen LogP contribution in [0, 0.1) is 5.92 Å². The van der Waals surface area contributed by atoms with Gasteiger partial charge in [0.25, 0.3) is 5.91 Å². The van der Waals surface area contributed by atoms with Gasteiger partial charge in [0, 0.05) is 31.3 Å². The van der Waals surface area contributed by atoms with Crippen LogP contribution < -0.4 is 5.32 Å². The van der Waals surface area contributed by atoms with Gasteiger partial charge >= 0.3 is 0 Å². The summed E-state index contributed by atoms with van der Waals surface area (Å²) in [6.45, 7) is 2.86. The smallest absolute Gasteiger partial charge is 0.251 e. The predicted octanol–water partition coefficient (Wildman–Crippen LogP) is 2.01. The van der Waals surface area contributed by atoms with E-state index in [0.29, 0.717) is 23.9 Å². The van der Waals surface area contributed by atoms with E-state index in [0.717, 1.165) is 24.8 Å². The molecule has 2 rings (SSSR count). The fourth-order valence-electron chi connectivity index (χ4n) is 2.52. The van der Waals surface area contributed by atoms with Crippen molar-refractivity contribution in [3.63, 3.8) is 0 Å². The van der Waals surface area contributed by atoms with E-state index in [9.17, 15) is 4.79 Å². The first-order chi connectivity index (χ1) is 11.1. The van der Waals surface area contributed by atoms with Gasteiger partial charge < -0.3 is 10.4 Å². The molecule has 23 heavy (non-hydrogen) atoms. The van der Waals surface area contributed by atoms with Gasteiger partial charge in [0.2, 0.25) is 0 Å². The standard InChI is InChI=1S/C17H24N4O2/c1-3-4-13(9-10-22)11-18-17(23)15-7-5-14(6-8-15)16-19-12-21(2)20-16/h5-8,12-13,22H,3-4,9-11H2,1-2H3,(H,18,23). The number of carbonyl (C=O) groups excluding carboxylic acids is 1. The number of rotatable bonds is 8. The van der Waals surface area contributed by atoms with E-state index in [1.54, 1.807) is 23.1 Å². The zero-order valence-electron chi connectivity index (χ0n) is 13.7. The van der Waals surface area contributed by atoms with E-state index in [2.05, 4.69) is 22.3 Å². The van der Waals surface area contributed by atoms with Crippen molar-refractivity contribution in [1.29, 1.82) is 0 Å². The van der Waals surface area contributed by atoms with Gasteiger partial charge in [0.05, 0.1) is 0 Å². The molecule has 1 heterocycles. The third-order valence-corrected chi connectivity index (χ3v) is 3.79. The quantitative estimate of drug-likeness (QED) is 0.781. The first kappa shape index (κ1) is 17.1. The number of hydrogen-bond acceptors (Lipinski definition) is 4. The Hall–Kier alpha value is -2.21. The van der Waals surface area contributed by atoms with Crippen LogP contribution in [-0.2, 0) is 7.05 Å². The van der Waals surface area contributed by atoms with Crippen molar-refractivity contribution in [3.8, 4) is 11.4 Å². The summed E-state index contributed by atoms with van der Waals surface area (Å²) in [4.78, 5) is 16.4. The van der Waals surface area contributed by atoms with E-state index in [-0.39, 0.29) is 12.5 Å². The molecule has 0 radical (unpaired) electrons. The van der Waals surface area contributed by atoms with E-state index in [4.69, 9.17) is 5.11 Å². The summed E-state index contributed by atoms with van der Waals surface area (Å²) >= 11 is 0. The van der Waals surface area contributed by atoms with Crippen molar-refractivity contribution >= 4 is 5.91 Å². The number of nitrogens with zero attached hydrogens (tertiary/aromatic N) is 3. The summed E-state index contributed by atoms with van der Waals surface area (Å²) in [6.07, 6.45) is 4.42. The highest BCUT2D eigenvalue weighted by Gasteiger charge is 2.11. The lowest BCUT2D eigenvalue weighted by atomic mass is 10.00. The van der Waals surface area contributed by atoms with Crippen LogP contribution in [-0.4, -0.2) is 38.9 Å². The Balaban J connectivity index is 1.94. The molecule has 0 bridgehead atoms. The van der Waals surface area contributed by atoms with Crippen LogP contribution in [0.4, 0.5) is 0 Å². The second kappa shape index (κ2) is 8.43. The summed E-state index contributed by atoms with van der Waals surface area (Å²) < 4.78 is 1.64. The number of carbonyl (C=O) groups is 1. The molecule has 0 saturated heterocycles. The Kier molecular flexibility index (Phi) is 6.29. The maximum Gasteiger partial charge on any atom is 0.251 e. The van der Waals surface area contributed by atoms with Crippen LogP contribution in [0.3, 0.4) is 0 Å². The third-order valence-electron chi connectivity index (χ3n) is 3.79. The topological polar surface area (TPSA) is 80.0 Å². The van der Waals surface area contributed by atoms with Crippen LogP contribution in [0.2, 0.25) is 0 Å². The lowest BCUT2D eigenvalue weighted by molar-refractivity contribution is 0.0943. The maximum atomic E-state index is 12.2. The molecule has 1 aromatic carbocycles. The Morgan fingerprint density at radius 1 is 1.30 bits per heavy atom. The van der Waals surface area contributed by atoms with Crippen LogP contribution >= 0.6 is 0 Å². The molecule has 2 aromatic rings. The molecule has 0 aliphatic carbocycles. The van der Waals surface area contributed by atoms with Gasteiger partial charge in [0.15, 0.2) is 5.82 Å². The van der Waals surface area contributed by atoms with Crippen molar-refractivity contribution in [2.24, 2.45) is 13.0 Å². The minimum Gasteiger partial charge on any atom is -0.396 e. The summed E-state index contributed by atoms with van der Waals surface area (Å²) in [5, 5.41) is 16.2. The van der Waals surface area contributed by atoms with Gasteiger partial charge in [-0.15, -0.1) is 0 Å². The average molecular weight is 316 g/mol. The zero-order chi connectivity index (χ0) is 16.7. The minimum atomic E-state index is -0.0930. The van der Waals surface area contributed by atoms with Gasteiger partial charge in [-0.25, -0.2) is 4.98 Å². The normalized spacial score (nSPS) is 12.1. The van der Waals surface area contributed by atoms with Crippen LogP contribution in [0.1, 0.15) is 36.5 Å². The van der Waals surface area contributed by atoms with Gasteiger partial charge in [0.1, 0.15) is 6.33 Å². The van der Waals surface area contributed by atoms with Gasteiger partial charge in [-0.2, -0.15) is 5.10 Å². The first-order valence-electron chi connectivity index (χ1n) is 7.99. The van der Waals surface area contributed by atoms with E-state index >= 15 is 0 Å². The van der Waals surface area contributed by atoms with Crippen molar-refractivity contribution in [2.45, 2.75) is 26.2 Å². The molecule has 2 N–H and O–H groups in total. The number of benzene rings is 1. The maximum absolute atomic E-state index is 12.2. The number of aryl methyl sites for hydroxylation is 1. The van der Waals surface area contributed by atoms with Gasteiger partial charge in [-0.1, -0.05) is 25.5 Å². The third kappa shape index (κ3) is 4.89. The number of hydrogen-bond donors (Lipinski definition) is 2. The fourth-order valence-corrected chi connectivity index (χ4v) is 2.52. The molecule has 0 aliphatic rings. The van der Waals surface area contributed by atoms with Crippen LogP contribution in [0.15, 0.2) is 30.6 Å². The summed E-state index contributed by atoms with van der Waals surface area (Å²) in [7, 11) is 1.82. The van der Waals surface area contributed by atoms with Gasteiger partial charge in [-0.3, -0.25) is 9.48 Å².